The number of hydrogen-bond acceptors (Lipinski definition) is 5. The average molecular weight is 389 g/mol. The Balaban J connectivity index is 2.12. The van der Waals surface area contributed by atoms with E-state index >= 15 is 0 Å². The molecule has 6 nitrogen and oxygen atoms in total. The summed E-state index contributed by atoms with van der Waals surface area (Å²) in [6.45, 7) is 0.601. The summed E-state index contributed by atoms with van der Waals surface area (Å²) in [7, 11) is 4.50. The fourth-order valence-corrected chi connectivity index (χ4v) is 3.81. The van der Waals surface area contributed by atoms with Crippen LogP contribution >= 0.6 is 0 Å². The predicted molar refractivity (Wildman–Crippen MR) is 102 cm³/mol. The van der Waals surface area contributed by atoms with Crippen LogP contribution in [0.5, 0.6) is 17.2 Å². The first-order valence-corrected chi connectivity index (χ1v) is 9.04. The lowest BCUT2D eigenvalue weighted by Gasteiger charge is -2.32. The Labute approximate surface area is 163 Å². The van der Waals surface area contributed by atoms with Gasteiger partial charge in [-0.2, -0.15) is 0 Å². The number of likely N-dealkylation sites (tertiary alicyclic amines) is 1. The van der Waals surface area contributed by atoms with Crippen LogP contribution in [0.2, 0.25) is 0 Å². The molecule has 1 saturated heterocycles. The number of rotatable bonds is 7. The highest BCUT2D eigenvalue weighted by molar-refractivity contribution is 5.74. The third-order valence-corrected chi connectivity index (χ3v) is 5.13. The Morgan fingerprint density at radius 3 is 2.21 bits per heavy atom. The van der Waals surface area contributed by atoms with Crippen LogP contribution in [0.4, 0.5) is 4.39 Å². The molecular weight excluding hydrogens is 365 g/mol. The standard InChI is InChI=1S/C21H24FNO5/c1-26-17-8-6-13(11-15(17)22)20(23-10-4-5-16(23)21(24)25)14-7-9-18(27-2)19(12-14)28-3/h6-9,11-12,16,20H,4-5,10H2,1-3H3,(H,24,25). The Hall–Kier alpha value is -2.80. The number of methoxy groups -OCH3 is 3. The van der Waals surface area contributed by atoms with Gasteiger partial charge in [0.25, 0.3) is 0 Å². The van der Waals surface area contributed by atoms with Crippen molar-refractivity contribution in [1.29, 1.82) is 0 Å². The molecule has 0 saturated carbocycles. The van der Waals surface area contributed by atoms with Gasteiger partial charge >= 0.3 is 5.97 Å². The molecule has 0 aliphatic carbocycles. The molecular formula is C21H24FNO5. The Kier molecular flexibility index (Phi) is 6.04. The van der Waals surface area contributed by atoms with Crippen molar-refractivity contribution < 1.29 is 28.5 Å². The smallest absolute Gasteiger partial charge is 0.320 e. The molecule has 1 aliphatic rings. The topological polar surface area (TPSA) is 68.2 Å². The third kappa shape index (κ3) is 3.75. The lowest BCUT2D eigenvalue weighted by atomic mass is 9.95. The van der Waals surface area contributed by atoms with Gasteiger partial charge in [0.1, 0.15) is 6.04 Å². The number of carboxylic acid groups (broad SMARTS) is 1. The minimum atomic E-state index is -0.878. The molecule has 0 aromatic heterocycles. The van der Waals surface area contributed by atoms with Crippen LogP contribution < -0.4 is 14.2 Å². The van der Waals surface area contributed by atoms with Gasteiger partial charge in [-0.3, -0.25) is 9.69 Å². The zero-order valence-corrected chi connectivity index (χ0v) is 16.1. The van der Waals surface area contributed by atoms with Gasteiger partial charge in [-0.25, -0.2) is 4.39 Å². The molecule has 2 unspecified atom stereocenters. The summed E-state index contributed by atoms with van der Waals surface area (Å²) in [5, 5.41) is 9.67. The number of carboxylic acids is 1. The fourth-order valence-electron chi connectivity index (χ4n) is 3.81. The van der Waals surface area contributed by atoms with Crippen molar-refractivity contribution in [3.63, 3.8) is 0 Å². The van der Waals surface area contributed by atoms with Crippen LogP contribution in [-0.4, -0.2) is 49.9 Å². The summed E-state index contributed by atoms with van der Waals surface area (Å²) in [4.78, 5) is 13.7. The van der Waals surface area contributed by atoms with Crippen LogP contribution in [0.25, 0.3) is 0 Å². The molecule has 0 radical (unpaired) electrons. The van der Waals surface area contributed by atoms with Crippen molar-refractivity contribution in [3.8, 4) is 17.2 Å². The first kappa shape index (κ1) is 19.9. The molecule has 3 rings (SSSR count). The van der Waals surface area contributed by atoms with E-state index in [9.17, 15) is 14.3 Å². The van der Waals surface area contributed by atoms with Crippen molar-refractivity contribution in [2.24, 2.45) is 0 Å². The maximum absolute atomic E-state index is 14.4. The zero-order valence-electron chi connectivity index (χ0n) is 16.1. The molecule has 1 N–H and O–H groups in total. The second kappa shape index (κ2) is 8.48. The van der Waals surface area contributed by atoms with Crippen LogP contribution in [-0.2, 0) is 4.79 Å². The Morgan fingerprint density at radius 1 is 1.04 bits per heavy atom. The molecule has 0 spiro atoms. The summed E-state index contributed by atoms with van der Waals surface area (Å²) in [6, 6.07) is 9.08. The molecule has 28 heavy (non-hydrogen) atoms. The quantitative estimate of drug-likeness (QED) is 0.782. The molecule has 0 amide bonds. The minimum Gasteiger partial charge on any atom is -0.494 e. The molecule has 1 heterocycles. The number of ether oxygens (including phenoxy) is 3. The van der Waals surface area contributed by atoms with Gasteiger partial charge in [0, 0.05) is 6.54 Å². The van der Waals surface area contributed by atoms with E-state index in [1.807, 2.05) is 17.0 Å². The van der Waals surface area contributed by atoms with Crippen LogP contribution in [0.1, 0.15) is 30.0 Å². The molecule has 1 aliphatic heterocycles. The van der Waals surface area contributed by atoms with E-state index in [0.717, 1.165) is 12.0 Å². The fraction of sp³-hybridized carbons (Fsp3) is 0.381. The number of hydrogen-bond donors (Lipinski definition) is 1. The van der Waals surface area contributed by atoms with E-state index < -0.39 is 23.9 Å². The Bertz CT molecular complexity index is 857. The SMILES string of the molecule is COc1ccc(C(c2ccc(OC)c(OC)c2)N2CCCC2C(=O)O)cc1F. The van der Waals surface area contributed by atoms with E-state index in [1.165, 1.54) is 13.2 Å². The van der Waals surface area contributed by atoms with Gasteiger partial charge in [0.05, 0.1) is 27.4 Å². The summed E-state index contributed by atoms with van der Waals surface area (Å²) >= 11 is 0. The number of carbonyl (C=O) groups is 1. The zero-order chi connectivity index (χ0) is 20.3. The van der Waals surface area contributed by atoms with E-state index in [0.29, 0.717) is 30.0 Å². The first-order chi connectivity index (χ1) is 13.5. The van der Waals surface area contributed by atoms with Crippen LogP contribution in [0, 0.1) is 5.82 Å². The van der Waals surface area contributed by atoms with Gasteiger partial charge in [0.15, 0.2) is 23.1 Å². The molecule has 1 fully saturated rings. The molecule has 2 atom stereocenters. The summed E-state index contributed by atoms with van der Waals surface area (Å²) < 4.78 is 30.2. The van der Waals surface area contributed by atoms with Crippen molar-refractivity contribution >= 4 is 5.97 Å². The predicted octanol–water partition coefficient (Wildman–Crippen LogP) is 3.49. The number of halogens is 1. The maximum atomic E-state index is 14.4. The molecule has 2 aromatic carbocycles. The van der Waals surface area contributed by atoms with E-state index in [2.05, 4.69) is 0 Å². The number of benzene rings is 2. The van der Waals surface area contributed by atoms with Gasteiger partial charge in [-0.05, 0) is 48.2 Å². The highest BCUT2D eigenvalue weighted by Gasteiger charge is 2.37. The van der Waals surface area contributed by atoms with Crippen LogP contribution in [0.3, 0.4) is 0 Å². The second-order valence-corrected chi connectivity index (χ2v) is 6.65. The summed E-state index contributed by atoms with van der Waals surface area (Å²) in [5.74, 6) is -0.119. The summed E-state index contributed by atoms with van der Waals surface area (Å²) in [6.07, 6.45) is 1.32. The van der Waals surface area contributed by atoms with Crippen molar-refractivity contribution in [3.05, 3.63) is 53.3 Å². The number of nitrogens with zero attached hydrogens (tertiary/aromatic N) is 1. The largest absolute Gasteiger partial charge is 0.494 e. The lowest BCUT2D eigenvalue weighted by Crippen LogP contribution is -2.39. The highest BCUT2D eigenvalue weighted by Crippen LogP contribution is 2.39. The van der Waals surface area contributed by atoms with Gasteiger partial charge < -0.3 is 19.3 Å². The Morgan fingerprint density at radius 2 is 1.64 bits per heavy atom. The monoisotopic (exact) mass is 389 g/mol. The van der Waals surface area contributed by atoms with Crippen molar-refractivity contribution in [2.45, 2.75) is 24.9 Å². The highest BCUT2D eigenvalue weighted by atomic mass is 19.1. The molecule has 0 bridgehead atoms. The van der Waals surface area contributed by atoms with E-state index in [4.69, 9.17) is 14.2 Å². The normalized spacial score (nSPS) is 17.9. The maximum Gasteiger partial charge on any atom is 0.320 e. The summed E-state index contributed by atoms with van der Waals surface area (Å²) in [5.41, 5.74) is 1.45. The van der Waals surface area contributed by atoms with E-state index in [-0.39, 0.29) is 5.75 Å². The van der Waals surface area contributed by atoms with Crippen LogP contribution in [0.15, 0.2) is 36.4 Å². The number of aliphatic carboxylic acids is 1. The average Bonchev–Trinajstić information content (AvgIpc) is 3.18. The van der Waals surface area contributed by atoms with E-state index in [1.54, 1.807) is 32.4 Å². The molecule has 150 valence electrons. The molecule has 7 heteroatoms. The minimum absolute atomic E-state index is 0.144. The third-order valence-electron chi connectivity index (χ3n) is 5.13. The first-order valence-electron chi connectivity index (χ1n) is 9.04. The van der Waals surface area contributed by atoms with Gasteiger partial charge in [-0.1, -0.05) is 12.1 Å². The van der Waals surface area contributed by atoms with Crippen molar-refractivity contribution in [2.75, 3.05) is 27.9 Å². The lowest BCUT2D eigenvalue weighted by molar-refractivity contribution is -0.142. The van der Waals surface area contributed by atoms with Gasteiger partial charge in [-0.15, -0.1) is 0 Å². The van der Waals surface area contributed by atoms with Crippen molar-refractivity contribution in [1.82, 2.24) is 4.90 Å². The molecule has 2 aromatic rings. The van der Waals surface area contributed by atoms with Gasteiger partial charge in [0.2, 0.25) is 0 Å². The second-order valence-electron chi connectivity index (χ2n) is 6.65.